The predicted octanol–water partition coefficient (Wildman–Crippen LogP) is 4.29. The van der Waals surface area contributed by atoms with Crippen LogP contribution in [0, 0.1) is 17.6 Å². The Morgan fingerprint density at radius 1 is 1.24 bits per heavy atom. The molecule has 1 fully saturated rings. The molecule has 2 aromatic rings. The molecule has 2 heterocycles. The van der Waals surface area contributed by atoms with Gasteiger partial charge in [0.05, 0.1) is 6.04 Å². The second-order valence-corrected chi connectivity index (χ2v) is 8.17. The zero-order valence-corrected chi connectivity index (χ0v) is 18.3. The minimum absolute atomic E-state index is 0.000447. The van der Waals surface area contributed by atoms with Crippen LogP contribution < -0.4 is 10.6 Å². The lowest BCUT2D eigenvalue weighted by Crippen LogP contribution is -2.61. The molecule has 0 spiro atoms. The fourth-order valence-corrected chi connectivity index (χ4v) is 3.80. The number of hydrogen-bond donors (Lipinski definition) is 2. The van der Waals surface area contributed by atoms with E-state index in [1.807, 2.05) is 0 Å². The largest absolute Gasteiger partial charge is 0.433 e. The van der Waals surface area contributed by atoms with Gasteiger partial charge in [-0.2, -0.15) is 13.2 Å². The number of hydrogen-bond acceptors (Lipinski definition) is 3. The highest BCUT2D eigenvalue weighted by atomic mass is 35.5. The number of benzene rings is 1. The average Bonchev–Trinajstić information content (AvgIpc) is 2.75. The van der Waals surface area contributed by atoms with Crippen molar-refractivity contribution in [3.05, 3.63) is 63.9 Å². The van der Waals surface area contributed by atoms with E-state index in [4.69, 9.17) is 11.6 Å². The number of aromatic nitrogens is 1. The molecule has 1 saturated heterocycles. The fraction of sp³-hybridized carbons (Fsp3) is 0.381. The van der Waals surface area contributed by atoms with Crippen molar-refractivity contribution in [3.8, 4) is 0 Å². The normalized spacial score (nSPS) is 17.7. The van der Waals surface area contributed by atoms with Gasteiger partial charge in [0.25, 0.3) is 0 Å². The van der Waals surface area contributed by atoms with Gasteiger partial charge in [-0.05, 0) is 23.6 Å². The molecule has 33 heavy (non-hydrogen) atoms. The highest BCUT2D eigenvalue weighted by molar-refractivity contribution is 6.31. The minimum Gasteiger partial charge on any atom is -0.353 e. The van der Waals surface area contributed by atoms with E-state index >= 15 is 0 Å². The Labute approximate surface area is 191 Å². The Morgan fingerprint density at radius 3 is 2.52 bits per heavy atom. The summed E-state index contributed by atoms with van der Waals surface area (Å²) in [6.07, 6.45) is -3.86. The predicted molar refractivity (Wildman–Crippen MR) is 109 cm³/mol. The van der Waals surface area contributed by atoms with Crippen LogP contribution in [0.5, 0.6) is 0 Å². The second kappa shape index (κ2) is 9.50. The summed E-state index contributed by atoms with van der Waals surface area (Å²) >= 11 is 5.68. The molecule has 0 bridgehead atoms. The van der Waals surface area contributed by atoms with E-state index in [1.54, 1.807) is 13.8 Å². The van der Waals surface area contributed by atoms with Crippen molar-refractivity contribution in [1.29, 1.82) is 0 Å². The highest BCUT2D eigenvalue weighted by Gasteiger charge is 2.37. The number of halogens is 6. The lowest BCUT2D eigenvalue weighted by molar-refractivity contribution is -0.141. The van der Waals surface area contributed by atoms with Crippen molar-refractivity contribution in [2.75, 3.05) is 13.1 Å². The summed E-state index contributed by atoms with van der Waals surface area (Å²) < 4.78 is 67.3. The number of piperazine rings is 1. The Morgan fingerprint density at radius 2 is 1.94 bits per heavy atom. The lowest BCUT2D eigenvalue weighted by Gasteiger charge is -2.38. The van der Waals surface area contributed by atoms with E-state index in [-0.39, 0.29) is 36.0 Å². The van der Waals surface area contributed by atoms with Crippen LogP contribution in [-0.4, -0.2) is 41.0 Å². The summed E-state index contributed by atoms with van der Waals surface area (Å²) in [6, 6.07) is 0.691. The molecule has 1 aliphatic rings. The average molecular weight is 491 g/mol. The number of amides is 3. The van der Waals surface area contributed by atoms with Crippen molar-refractivity contribution >= 4 is 23.5 Å². The Bertz CT molecular complexity index is 1050. The standard InChI is InChI=1S/C21H20ClF5N4O2/c1-10(2)18-19(32)28-7-8-31(18)20(33)30-17(12-4-5-13(23)15(22)16(12)24)11-3-6-14(29-9-11)21(25,26)27/h3-6,9-10,17-18H,7-8H2,1-2H3,(H,28,32)(H,30,33). The molecule has 178 valence electrons. The van der Waals surface area contributed by atoms with Crippen LogP contribution in [0.2, 0.25) is 5.02 Å². The maximum Gasteiger partial charge on any atom is 0.433 e. The van der Waals surface area contributed by atoms with Gasteiger partial charge in [0.1, 0.15) is 28.4 Å². The van der Waals surface area contributed by atoms with Gasteiger partial charge in [-0.15, -0.1) is 0 Å². The van der Waals surface area contributed by atoms with Crippen LogP contribution in [0.25, 0.3) is 0 Å². The van der Waals surface area contributed by atoms with Crippen molar-refractivity contribution in [2.45, 2.75) is 32.1 Å². The van der Waals surface area contributed by atoms with E-state index < -0.39 is 46.6 Å². The number of nitrogens with zero attached hydrogens (tertiary/aromatic N) is 2. The number of rotatable bonds is 4. The fourth-order valence-electron chi connectivity index (χ4n) is 3.63. The van der Waals surface area contributed by atoms with Crippen LogP contribution in [0.15, 0.2) is 30.5 Å². The second-order valence-electron chi connectivity index (χ2n) is 7.79. The molecule has 3 rings (SSSR count). The highest BCUT2D eigenvalue weighted by Crippen LogP contribution is 2.32. The molecule has 6 nitrogen and oxygen atoms in total. The van der Waals surface area contributed by atoms with Crippen LogP contribution >= 0.6 is 11.6 Å². The third-order valence-electron chi connectivity index (χ3n) is 5.20. The molecule has 0 saturated carbocycles. The molecule has 0 radical (unpaired) electrons. The van der Waals surface area contributed by atoms with Crippen LogP contribution in [0.4, 0.5) is 26.7 Å². The van der Waals surface area contributed by atoms with E-state index in [2.05, 4.69) is 15.6 Å². The summed E-state index contributed by atoms with van der Waals surface area (Å²) in [5.41, 5.74) is -1.46. The van der Waals surface area contributed by atoms with Crippen LogP contribution in [0.1, 0.15) is 36.7 Å². The maximum absolute atomic E-state index is 14.8. The summed E-state index contributed by atoms with van der Waals surface area (Å²) in [5.74, 6) is -2.84. The van der Waals surface area contributed by atoms with Crippen LogP contribution in [0.3, 0.4) is 0 Å². The molecule has 1 aliphatic heterocycles. The molecule has 1 aromatic carbocycles. The van der Waals surface area contributed by atoms with Gasteiger partial charge < -0.3 is 15.5 Å². The van der Waals surface area contributed by atoms with E-state index in [0.29, 0.717) is 6.07 Å². The molecule has 2 N–H and O–H groups in total. The van der Waals surface area contributed by atoms with Crippen molar-refractivity contribution < 1.29 is 31.5 Å². The summed E-state index contributed by atoms with van der Waals surface area (Å²) in [6.45, 7) is 3.84. The Hall–Kier alpha value is -2.95. The van der Waals surface area contributed by atoms with Gasteiger partial charge in [-0.25, -0.2) is 13.6 Å². The first-order valence-corrected chi connectivity index (χ1v) is 10.3. The minimum atomic E-state index is -4.70. The Balaban J connectivity index is 2.01. The summed E-state index contributed by atoms with van der Waals surface area (Å²) in [5, 5.41) is 4.37. The number of alkyl halides is 3. The first kappa shape index (κ1) is 24.7. The molecule has 1 aromatic heterocycles. The van der Waals surface area contributed by atoms with Gasteiger partial charge in [-0.3, -0.25) is 9.78 Å². The van der Waals surface area contributed by atoms with Crippen molar-refractivity contribution in [2.24, 2.45) is 5.92 Å². The smallest absolute Gasteiger partial charge is 0.353 e. The zero-order valence-electron chi connectivity index (χ0n) is 17.5. The van der Waals surface area contributed by atoms with Crippen molar-refractivity contribution in [1.82, 2.24) is 20.5 Å². The van der Waals surface area contributed by atoms with E-state index in [9.17, 15) is 31.5 Å². The number of carbonyl (C=O) groups is 2. The topological polar surface area (TPSA) is 74.3 Å². The van der Waals surface area contributed by atoms with E-state index in [1.165, 1.54) is 4.90 Å². The number of nitrogens with one attached hydrogen (secondary N) is 2. The monoisotopic (exact) mass is 490 g/mol. The number of carbonyl (C=O) groups excluding carboxylic acids is 2. The first-order valence-electron chi connectivity index (χ1n) is 9.93. The third-order valence-corrected chi connectivity index (χ3v) is 5.55. The molecule has 2 unspecified atom stereocenters. The molecule has 0 aliphatic carbocycles. The Kier molecular flexibility index (Phi) is 7.11. The molecule has 2 atom stereocenters. The molecule has 12 heteroatoms. The van der Waals surface area contributed by atoms with E-state index in [0.717, 1.165) is 24.4 Å². The van der Waals surface area contributed by atoms with Gasteiger partial charge in [0.2, 0.25) is 5.91 Å². The lowest BCUT2D eigenvalue weighted by atomic mass is 9.98. The van der Waals surface area contributed by atoms with Gasteiger partial charge >= 0.3 is 12.2 Å². The third kappa shape index (κ3) is 5.18. The number of urea groups is 1. The quantitative estimate of drug-likeness (QED) is 0.496. The van der Waals surface area contributed by atoms with Crippen molar-refractivity contribution in [3.63, 3.8) is 0 Å². The maximum atomic E-state index is 14.8. The van der Waals surface area contributed by atoms with Crippen LogP contribution in [-0.2, 0) is 11.0 Å². The molecular formula is C21H20ClF5N4O2. The number of pyridine rings is 1. The van der Waals surface area contributed by atoms with Gasteiger partial charge in [0.15, 0.2) is 0 Å². The SMILES string of the molecule is CC(C)C1C(=O)NCCN1C(=O)NC(c1ccc(C(F)(F)F)nc1)c1ccc(F)c(Cl)c1F. The zero-order chi connectivity index (χ0) is 24.5. The summed E-state index contributed by atoms with van der Waals surface area (Å²) in [7, 11) is 0. The molecule has 3 amide bonds. The van der Waals surface area contributed by atoms with Gasteiger partial charge in [0, 0.05) is 24.8 Å². The molecular weight excluding hydrogens is 471 g/mol. The van der Waals surface area contributed by atoms with Gasteiger partial charge in [-0.1, -0.05) is 37.6 Å². The summed E-state index contributed by atoms with van der Waals surface area (Å²) in [4.78, 5) is 30.0. The first-order chi connectivity index (χ1) is 15.4.